The van der Waals surface area contributed by atoms with Crippen molar-refractivity contribution in [2.75, 3.05) is 5.32 Å². The lowest BCUT2D eigenvalue weighted by atomic mass is 9.95. The molecule has 2 N–H and O–H groups in total. The zero-order chi connectivity index (χ0) is 17.7. The summed E-state index contributed by atoms with van der Waals surface area (Å²) in [5.74, 6) is -3.52. The molecular weight excluding hydrogens is 313 g/mol. The van der Waals surface area contributed by atoms with E-state index in [9.17, 15) is 23.9 Å². The molecule has 1 unspecified atom stereocenters. The number of ketones is 1. The van der Waals surface area contributed by atoms with Crippen molar-refractivity contribution in [2.45, 2.75) is 19.3 Å². The van der Waals surface area contributed by atoms with E-state index in [-0.39, 0.29) is 12.2 Å². The maximum absolute atomic E-state index is 13.0. The molecule has 6 heteroatoms. The van der Waals surface area contributed by atoms with Gasteiger partial charge in [0.05, 0.1) is 11.6 Å². The van der Waals surface area contributed by atoms with Crippen LogP contribution in [0.2, 0.25) is 0 Å². The molecule has 124 valence electrons. The van der Waals surface area contributed by atoms with Crippen LogP contribution in [0.5, 0.6) is 0 Å². The molecule has 0 radical (unpaired) electrons. The Morgan fingerprint density at radius 2 is 1.71 bits per heavy atom. The van der Waals surface area contributed by atoms with Crippen molar-refractivity contribution in [3.05, 3.63) is 65.5 Å². The van der Waals surface area contributed by atoms with E-state index in [1.165, 1.54) is 19.1 Å². The summed E-state index contributed by atoms with van der Waals surface area (Å²) in [6, 6.07) is 11.5. The third-order valence-corrected chi connectivity index (χ3v) is 3.54. The van der Waals surface area contributed by atoms with Crippen LogP contribution in [-0.4, -0.2) is 22.8 Å². The Labute approximate surface area is 138 Å². The average molecular weight is 329 g/mol. The van der Waals surface area contributed by atoms with Crippen molar-refractivity contribution in [3.63, 3.8) is 0 Å². The number of carbonyl (C=O) groups excluding carboxylic acids is 2. The van der Waals surface area contributed by atoms with E-state index in [1.54, 1.807) is 24.3 Å². The highest BCUT2D eigenvalue weighted by atomic mass is 19.1. The van der Waals surface area contributed by atoms with Crippen LogP contribution in [0.15, 0.2) is 48.5 Å². The van der Waals surface area contributed by atoms with Crippen LogP contribution < -0.4 is 5.32 Å². The second-order valence-corrected chi connectivity index (χ2v) is 5.30. The van der Waals surface area contributed by atoms with E-state index in [4.69, 9.17) is 0 Å². The highest BCUT2D eigenvalue weighted by molar-refractivity contribution is 6.04. The summed E-state index contributed by atoms with van der Waals surface area (Å²) in [5.41, 5.74) is 1.01. The molecular formula is C18H16FNO4. The molecule has 2 aromatic rings. The van der Waals surface area contributed by atoms with Crippen LogP contribution in [0, 0.1) is 5.82 Å². The van der Waals surface area contributed by atoms with E-state index < -0.39 is 23.6 Å². The highest BCUT2D eigenvalue weighted by Gasteiger charge is 2.24. The molecule has 1 atom stereocenters. The highest BCUT2D eigenvalue weighted by Crippen LogP contribution is 2.22. The van der Waals surface area contributed by atoms with E-state index in [2.05, 4.69) is 5.32 Å². The van der Waals surface area contributed by atoms with Crippen LogP contribution in [0.1, 0.15) is 35.2 Å². The van der Waals surface area contributed by atoms with Gasteiger partial charge >= 0.3 is 5.97 Å². The van der Waals surface area contributed by atoms with Gasteiger partial charge in [0.15, 0.2) is 5.78 Å². The van der Waals surface area contributed by atoms with Gasteiger partial charge in [0, 0.05) is 12.0 Å². The Balaban J connectivity index is 2.16. The Kier molecular flexibility index (Phi) is 5.42. The summed E-state index contributed by atoms with van der Waals surface area (Å²) in [4.78, 5) is 35.2. The summed E-state index contributed by atoms with van der Waals surface area (Å²) in [6.07, 6.45) is -0.326. The van der Waals surface area contributed by atoms with Crippen molar-refractivity contribution in [2.24, 2.45) is 0 Å². The maximum Gasteiger partial charge on any atom is 0.311 e. The van der Waals surface area contributed by atoms with Crippen molar-refractivity contribution in [3.8, 4) is 0 Å². The monoisotopic (exact) mass is 329 g/mol. The zero-order valence-electron chi connectivity index (χ0n) is 13.0. The van der Waals surface area contributed by atoms with Gasteiger partial charge in [-0.25, -0.2) is 4.39 Å². The topological polar surface area (TPSA) is 83.5 Å². The molecule has 0 fully saturated rings. The first-order valence-electron chi connectivity index (χ1n) is 7.26. The molecule has 0 aliphatic heterocycles. The number of nitrogens with one attached hydrogen (secondary N) is 1. The van der Waals surface area contributed by atoms with Gasteiger partial charge in [0.1, 0.15) is 5.82 Å². The first-order chi connectivity index (χ1) is 11.4. The molecule has 0 saturated heterocycles. The second kappa shape index (κ2) is 7.50. The number of carbonyl (C=O) groups is 3. The molecule has 1 amide bonds. The fourth-order valence-corrected chi connectivity index (χ4v) is 2.33. The number of para-hydroxylation sites is 1. The molecule has 0 aromatic heterocycles. The number of aliphatic carboxylic acids is 1. The number of hydrogen-bond donors (Lipinski definition) is 2. The van der Waals surface area contributed by atoms with Gasteiger partial charge in [0.25, 0.3) is 0 Å². The lowest BCUT2D eigenvalue weighted by Crippen LogP contribution is -2.21. The Morgan fingerprint density at radius 1 is 1.08 bits per heavy atom. The van der Waals surface area contributed by atoms with E-state index in [0.717, 1.165) is 12.1 Å². The molecule has 0 spiro atoms. The van der Waals surface area contributed by atoms with Gasteiger partial charge in [-0.15, -0.1) is 0 Å². The molecule has 2 rings (SSSR count). The second-order valence-electron chi connectivity index (χ2n) is 5.30. The normalized spacial score (nSPS) is 11.6. The number of carboxylic acid groups (broad SMARTS) is 1. The summed E-state index contributed by atoms with van der Waals surface area (Å²) < 4.78 is 13.0. The van der Waals surface area contributed by atoms with E-state index in [1.807, 2.05) is 0 Å². The van der Waals surface area contributed by atoms with Crippen LogP contribution in [0.4, 0.5) is 10.1 Å². The van der Waals surface area contributed by atoms with E-state index >= 15 is 0 Å². The predicted molar refractivity (Wildman–Crippen MR) is 86.5 cm³/mol. The number of anilines is 1. The lowest BCUT2D eigenvalue weighted by Gasteiger charge is -2.14. The third-order valence-electron chi connectivity index (χ3n) is 3.54. The Bertz CT molecular complexity index is 771. The molecule has 2 aromatic carbocycles. The summed E-state index contributed by atoms with van der Waals surface area (Å²) in [7, 11) is 0. The van der Waals surface area contributed by atoms with Gasteiger partial charge in [-0.2, -0.15) is 0 Å². The maximum atomic E-state index is 13.0. The number of benzene rings is 2. The smallest absolute Gasteiger partial charge is 0.311 e. The standard InChI is InChI=1S/C18H16FNO4/c1-11(21)14-4-2-3-5-16(14)20-17(22)10-15(18(23)24)12-6-8-13(19)9-7-12/h2-9,15H,10H2,1H3,(H,20,22)(H,23,24). The number of amides is 1. The van der Waals surface area contributed by atoms with Crippen molar-refractivity contribution in [1.82, 2.24) is 0 Å². The molecule has 0 heterocycles. The number of carboxylic acids is 1. The van der Waals surface area contributed by atoms with Gasteiger partial charge in [-0.1, -0.05) is 24.3 Å². The first kappa shape index (κ1) is 17.3. The minimum Gasteiger partial charge on any atom is -0.481 e. The quantitative estimate of drug-likeness (QED) is 0.797. The summed E-state index contributed by atoms with van der Waals surface area (Å²) >= 11 is 0. The van der Waals surface area contributed by atoms with E-state index in [0.29, 0.717) is 16.8 Å². The average Bonchev–Trinajstić information content (AvgIpc) is 2.53. The fraction of sp³-hybridized carbons (Fsp3) is 0.167. The number of Topliss-reactive ketones (excluding diaryl/α,β-unsaturated/α-hetero) is 1. The van der Waals surface area contributed by atoms with Crippen molar-refractivity contribution in [1.29, 1.82) is 0 Å². The molecule has 24 heavy (non-hydrogen) atoms. The Hall–Kier alpha value is -3.02. The van der Waals surface area contributed by atoms with Gasteiger partial charge in [-0.3, -0.25) is 14.4 Å². The minimum atomic E-state index is -1.18. The summed E-state index contributed by atoms with van der Waals surface area (Å²) in [5, 5.41) is 11.9. The fourth-order valence-electron chi connectivity index (χ4n) is 2.33. The van der Waals surface area contributed by atoms with Crippen molar-refractivity contribution >= 4 is 23.3 Å². The zero-order valence-corrected chi connectivity index (χ0v) is 13.0. The SMILES string of the molecule is CC(=O)c1ccccc1NC(=O)CC(C(=O)O)c1ccc(F)cc1. The van der Waals surface area contributed by atoms with Gasteiger partial charge in [-0.05, 0) is 36.8 Å². The van der Waals surface area contributed by atoms with Crippen LogP contribution in [-0.2, 0) is 9.59 Å². The van der Waals surface area contributed by atoms with Gasteiger partial charge in [0.2, 0.25) is 5.91 Å². The van der Waals surface area contributed by atoms with Crippen LogP contribution >= 0.6 is 0 Å². The van der Waals surface area contributed by atoms with Gasteiger partial charge < -0.3 is 10.4 Å². The minimum absolute atomic E-state index is 0.209. The number of hydrogen-bond acceptors (Lipinski definition) is 3. The number of rotatable bonds is 6. The van der Waals surface area contributed by atoms with Crippen LogP contribution in [0.3, 0.4) is 0 Å². The molecule has 0 bridgehead atoms. The summed E-state index contributed by atoms with van der Waals surface area (Å²) in [6.45, 7) is 1.38. The molecule has 0 saturated carbocycles. The first-order valence-corrected chi connectivity index (χ1v) is 7.26. The molecule has 0 aliphatic rings. The van der Waals surface area contributed by atoms with Crippen molar-refractivity contribution < 1.29 is 23.9 Å². The predicted octanol–water partition coefficient (Wildman–Crippen LogP) is 3.23. The number of halogens is 1. The lowest BCUT2D eigenvalue weighted by molar-refractivity contribution is -0.140. The molecule has 5 nitrogen and oxygen atoms in total. The Morgan fingerprint density at radius 3 is 2.29 bits per heavy atom. The van der Waals surface area contributed by atoms with Crippen LogP contribution in [0.25, 0.3) is 0 Å². The molecule has 0 aliphatic carbocycles. The largest absolute Gasteiger partial charge is 0.481 e. The third kappa shape index (κ3) is 4.25.